The van der Waals surface area contributed by atoms with E-state index in [1.807, 2.05) is 13.0 Å². The van der Waals surface area contributed by atoms with Gasteiger partial charge >= 0.3 is 12.1 Å². The molecule has 2 heterocycles. The fraction of sp³-hybridized carbons (Fsp3) is 0.222. The highest BCUT2D eigenvalue weighted by Gasteiger charge is 2.48. The van der Waals surface area contributed by atoms with E-state index < -0.39 is 23.8 Å². The number of halogens is 4. The lowest BCUT2D eigenvalue weighted by atomic mass is 9.98. The van der Waals surface area contributed by atoms with E-state index in [4.69, 9.17) is 21.4 Å². The molecule has 1 aliphatic heterocycles. The van der Waals surface area contributed by atoms with E-state index in [9.17, 15) is 18.0 Å². The minimum absolute atomic E-state index is 0.0659. The van der Waals surface area contributed by atoms with Gasteiger partial charge in [0, 0.05) is 28.9 Å². The third-order valence-corrected chi connectivity index (χ3v) is 4.26. The number of nitrogens with zero attached hydrogens (tertiary/aromatic N) is 1. The largest absolute Gasteiger partial charge is 0.478 e. The summed E-state index contributed by atoms with van der Waals surface area (Å²) in [4.78, 5) is 15.4. The predicted octanol–water partition coefficient (Wildman–Crippen LogP) is 4.43. The quantitative estimate of drug-likeness (QED) is 0.852. The summed E-state index contributed by atoms with van der Waals surface area (Å²) < 4.78 is 44.4. The summed E-state index contributed by atoms with van der Waals surface area (Å²) in [5, 5.41) is 9.34. The lowest BCUT2D eigenvalue weighted by Crippen LogP contribution is -2.40. The Morgan fingerprint density at radius 2 is 2.08 bits per heavy atom. The highest BCUT2D eigenvalue weighted by Crippen LogP contribution is 2.39. The second-order valence-electron chi connectivity index (χ2n) is 5.93. The molecule has 0 amide bonds. The number of carbonyl (C=O) groups is 1. The van der Waals surface area contributed by atoms with Crippen molar-refractivity contribution in [2.75, 3.05) is 0 Å². The third-order valence-electron chi connectivity index (χ3n) is 3.91. The van der Waals surface area contributed by atoms with Crippen molar-refractivity contribution < 1.29 is 27.8 Å². The maximum Gasteiger partial charge on any atom is 0.430 e. The first kappa shape index (κ1) is 18.3. The van der Waals surface area contributed by atoms with Gasteiger partial charge in [0.2, 0.25) is 6.10 Å². The highest BCUT2D eigenvalue weighted by atomic mass is 35.5. The van der Waals surface area contributed by atoms with Gasteiger partial charge in [-0.1, -0.05) is 17.7 Å². The van der Waals surface area contributed by atoms with E-state index >= 15 is 0 Å². The van der Waals surface area contributed by atoms with Crippen LogP contribution in [0.2, 0.25) is 5.02 Å². The number of fused-ring (bicyclic) bond motifs is 1. The molecule has 1 N–H and O–H groups in total. The molecule has 0 fully saturated rings. The lowest BCUT2D eigenvalue weighted by Gasteiger charge is -2.27. The summed E-state index contributed by atoms with van der Waals surface area (Å²) in [6.45, 7) is 1.89. The van der Waals surface area contributed by atoms with Gasteiger partial charge in [0.05, 0.1) is 5.57 Å². The average molecular weight is 384 g/mol. The van der Waals surface area contributed by atoms with Crippen LogP contribution in [0.25, 0.3) is 6.08 Å². The number of carboxylic acids is 1. The van der Waals surface area contributed by atoms with Gasteiger partial charge in [-0.25, -0.2) is 4.79 Å². The molecule has 26 heavy (non-hydrogen) atoms. The van der Waals surface area contributed by atoms with E-state index in [0.717, 1.165) is 11.6 Å². The number of carboxylic acid groups (broad SMARTS) is 1. The van der Waals surface area contributed by atoms with Crippen LogP contribution in [-0.2, 0) is 11.2 Å². The van der Waals surface area contributed by atoms with Crippen LogP contribution < -0.4 is 4.74 Å². The molecule has 1 aromatic heterocycles. The summed E-state index contributed by atoms with van der Waals surface area (Å²) in [6.07, 6.45) is -4.44. The number of aromatic nitrogens is 1. The molecule has 1 aromatic carbocycles. The molecule has 3 rings (SSSR count). The molecule has 0 spiro atoms. The first-order chi connectivity index (χ1) is 12.1. The summed E-state index contributed by atoms with van der Waals surface area (Å²) in [5.74, 6) is -1.76. The van der Waals surface area contributed by atoms with Gasteiger partial charge < -0.3 is 9.84 Å². The standard InChI is InChI=1S/C18H13ClF3NO3/c1-9-2-3-12(23-8-9)4-10-7-15-11(6-14(10)19)5-13(17(24)25)16(26-15)18(20,21)22/h2-3,5-8,16H,4H2,1H3,(H,24,25). The number of hydrogen-bond donors (Lipinski definition) is 1. The molecular weight excluding hydrogens is 371 g/mol. The number of rotatable bonds is 3. The second-order valence-corrected chi connectivity index (χ2v) is 6.34. The van der Waals surface area contributed by atoms with E-state index in [0.29, 0.717) is 22.7 Å². The zero-order valence-electron chi connectivity index (χ0n) is 13.5. The van der Waals surface area contributed by atoms with Crippen molar-refractivity contribution in [3.8, 4) is 5.75 Å². The first-order valence-corrected chi connectivity index (χ1v) is 7.95. The van der Waals surface area contributed by atoms with E-state index in [2.05, 4.69) is 4.98 Å². The Bertz CT molecular complexity index is 892. The molecule has 1 aliphatic rings. The van der Waals surface area contributed by atoms with Crippen molar-refractivity contribution in [1.82, 2.24) is 4.98 Å². The van der Waals surface area contributed by atoms with Crippen molar-refractivity contribution in [3.05, 3.63) is 63.4 Å². The zero-order chi connectivity index (χ0) is 19.1. The SMILES string of the molecule is Cc1ccc(Cc2cc3c(cc2Cl)C=C(C(=O)O)C(C(F)(F)F)O3)nc1. The van der Waals surface area contributed by atoms with Gasteiger partial charge in [-0.15, -0.1) is 0 Å². The minimum Gasteiger partial charge on any atom is -0.478 e. The smallest absolute Gasteiger partial charge is 0.430 e. The molecule has 136 valence electrons. The Morgan fingerprint density at radius 3 is 2.65 bits per heavy atom. The Kier molecular flexibility index (Phi) is 4.66. The number of aryl methyl sites for hydroxylation is 1. The van der Waals surface area contributed by atoms with Crippen molar-refractivity contribution in [2.45, 2.75) is 25.6 Å². The molecule has 0 aliphatic carbocycles. The van der Waals surface area contributed by atoms with E-state index in [-0.39, 0.29) is 11.3 Å². The van der Waals surface area contributed by atoms with Gasteiger partial charge in [-0.2, -0.15) is 13.2 Å². The lowest BCUT2D eigenvalue weighted by molar-refractivity contribution is -0.187. The molecule has 1 unspecified atom stereocenters. The fourth-order valence-corrected chi connectivity index (χ4v) is 2.85. The number of ether oxygens (including phenoxy) is 1. The maximum atomic E-state index is 13.1. The average Bonchev–Trinajstić information content (AvgIpc) is 2.55. The van der Waals surface area contributed by atoms with Gasteiger partial charge in [0.15, 0.2) is 0 Å². The van der Waals surface area contributed by atoms with E-state index in [1.165, 1.54) is 12.1 Å². The second kappa shape index (κ2) is 6.64. The van der Waals surface area contributed by atoms with Crippen LogP contribution in [0, 0.1) is 6.92 Å². The van der Waals surface area contributed by atoms with Crippen LogP contribution >= 0.6 is 11.6 Å². The molecule has 2 aromatic rings. The Labute approximate surface area is 151 Å². The number of benzene rings is 1. The zero-order valence-corrected chi connectivity index (χ0v) is 14.2. The summed E-state index contributed by atoms with van der Waals surface area (Å²) >= 11 is 6.21. The van der Waals surface area contributed by atoms with Crippen molar-refractivity contribution in [1.29, 1.82) is 0 Å². The number of aliphatic carboxylic acids is 1. The van der Waals surface area contributed by atoms with Crippen LogP contribution in [0.4, 0.5) is 13.2 Å². The third kappa shape index (κ3) is 3.67. The van der Waals surface area contributed by atoms with Gasteiger partial charge in [0.1, 0.15) is 5.75 Å². The molecular formula is C18H13ClF3NO3. The van der Waals surface area contributed by atoms with Crippen molar-refractivity contribution in [2.24, 2.45) is 0 Å². The van der Waals surface area contributed by atoms with Crippen LogP contribution in [0.3, 0.4) is 0 Å². The molecule has 8 heteroatoms. The fourth-order valence-electron chi connectivity index (χ4n) is 2.61. The minimum atomic E-state index is -4.85. The van der Waals surface area contributed by atoms with Crippen LogP contribution in [0.5, 0.6) is 5.75 Å². The summed E-state index contributed by atoms with van der Waals surface area (Å²) in [6, 6.07) is 6.46. The normalized spacial score (nSPS) is 16.5. The monoisotopic (exact) mass is 383 g/mol. The van der Waals surface area contributed by atoms with Crippen molar-refractivity contribution in [3.63, 3.8) is 0 Å². The predicted molar refractivity (Wildman–Crippen MR) is 89.3 cm³/mol. The van der Waals surface area contributed by atoms with Crippen LogP contribution in [-0.4, -0.2) is 28.3 Å². The van der Waals surface area contributed by atoms with Crippen molar-refractivity contribution >= 4 is 23.6 Å². The topological polar surface area (TPSA) is 59.4 Å². The van der Waals surface area contributed by atoms with Crippen LogP contribution in [0.1, 0.15) is 22.4 Å². The first-order valence-electron chi connectivity index (χ1n) is 7.57. The Morgan fingerprint density at radius 1 is 1.35 bits per heavy atom. The maximum absolute atomic E-state index is 13.1. The van der Waals surface area contributed by atoms with Crippen LogP contribution in [0.15, 0.2) is 36.0 Å². The van der Waals surface area contributed by atoms with E-state index in [1.54, 1.807) is 12.3 Å². The number of alkyl halides is 3. The molecule has 0 saturated heterocycles. The van der Waals surface area contributed by atoms with Gasteiger partial charge in [-0.05, 0) is 42.3 Å². The number of hydrogen-bond acceptors (Lipinski definition) is 3. The summed E-state index contributed by atoms with van der Waals surface area (Å²) in [7, 11) is 0. The Hall–Kier alpha value is -2.54. The molecule has 1 atom stereocenters. The molecule has 0 bridgehead atoms. The summed E-state index contributed by atoms with van der Waals surface area (Å²) in [5.41, 5.74) is 1.52. The Balaban J connectivity index is 2.00. The molecule has 0 radical (unpaired) electrons. The molecule has 4 nitrogen and oxygen atoms in total. The van der Waals surface area contributed by atoms with Gasteiger partial charge in [-0.3, -0.25) is 4.98 Å². The molecule has 0 saturated carbocycles. The van der Waals surface area contributed by atoms with Gasteiger partial charge in [0.25, 0.3) is 0 Å². The highest BCUT2D eigenvalue weighted by molar-refractivity contribution is 6.31. The number of pyridine rings is 1.